The maximum Gasteiger partial charge on any atom is 0.238 e. The molecule has 0 aliphatic heterocycles. The van der Waals surface area contributed by atoms with Crippen LogP contribution in [0.2, 0.25) is 0 Å². The monoisotopic (exact) mass is 1770 g/mol. The van der Waals surface area contributed by atoms with Crippen molar-refractivity contribution < 1.29 is 0 Å². The van der Waals surface area contributed by atoms with Crippen molar-refractivity contribution in [1.29, 1.82) is 0 Å². The molecule has 3 aliphatic rings. The number of rotatable bonds is 12. The van der Waals surface area contributed by atoms with E-state index in [1.165, 1.54) is 133 Å². The molecule has 27 rings (SSSR count). The second kappa shape index (κ2) is 33.1. The second-order valence-corrected chi connectivity index (χ2v) is 38.1. The van der Waals surface area contributed by atoms with Gasteiger partial charge in [-0.1, -0.05) is 406 Å². The highest BCUT2D eigenvalue weighted by Crippen LogP contribution is 2.54. The molecular weight excluding hydrogens is 1680 g/mol. The summed E-state index contributed by atoms with van der Waals surface area (Å²) >= 11 is 0. The van der Waals surface area contributed by atoms with Crippen LogP contribution in [0.5, 0.6) is 0 Å². The first-order valence-electron chi connectivity index (χ1n) is 47.5. The molecular formula is C129H93N9. The SMILES string of the molecule is CC1(C)c2ccccc2-c2ccc(-c3ccc4c(c3)c3ccccc3n4-c3cc(-c4ccccc4)cc(-c4ccccc4)n3)cc21.CC1(C)c2ccccc2-c2ccc(-c3ccc4c(c3)c3ccccc3n4-c3nc(-c4ccccc4)cc(-c4ccccc4)n3)cc21.CC1(C)c2ccccc2-c2ccc(-c3ccc4c(c3)c3ccccc3n4-c3nc(-c4ccccc4)nc(-c4ccccc4)n3)cc21. The van der Waals surface area contributed by atoms with Crippen LogP contribution in [-0.2, 0) is 16.2 Å². The minimum Gasteiger partial charge on any atom is -0.294 e. The van der Waals surface area contributed by atoms with Gasteiger partial charge in [0.15, 0.2) is 11.6 Å². The van der Waals surface area contributed by atoms with Gasteiger partial charge in [0, 0.05) is 76.4 Å². The van der Waals surface area contributed by atoms with Crippen LogP contribution in [0.4, 0.5) is 0 Å². The predicted octanol–water partition coefficient (Wildman–Crippen LogP) is 32.6. The summed E-state index contributed by atoms with van der Waals surface area (Å²) in [5.41, 5.74) is 40.4. The first-order chi connectivity index (χ1) is 67.7. The van der Waals surface area contributed by atoms with Gasteiger partial charge < -0.3 is 0 Å². The Balaban J connectivity index is 0.000000110. The van der Waals surface area contributed by atoms with E-state index in [1.54, 1.807) is 0 Å². The van der Waals surface area contributed by atoms with Crippen molar-refractivity contribution >= 4 is 65.4 Å². The zero-order valence-corrected chi connectivity index (χ0v) is 77.3. The molecule has 654 valence electrons. The molecule has 18 aromatic carbocycles. The van der Waals surface area contributed by atoms with Gasteiger partial charge in [-0.05, 0) is 202 Å². The lowest BCUT2D eigenvalue weighted by Crippen LogP contribution is -2.14. The molecule has 0 bridgehead atoms. The van der Waals surface area contributed by atoms with Gasteiger partial charge in [0.1, 0.15) is 5.82 Å². The number of nitrogens with zero attached hydrogens (tertiary/aromatic N) is 9. The van der Waals surface area contributed by atoms with Crippen molar-refractivity contribution in [2.45, 2.75) is 57.8 Å². The molecule has 3 aliphatic carbocycles. The summed E-state index contributed by atoms with van der Waals surface area (Å²) in [6.45, 7) is 14.0. The van der Waals surface area contributed by atoms with E-state index >= 15 is 0 Å². The minimum absolute atomic E-state index is 0.0338. The topological polar surface area (TPSA) is 92.1 Å². The van der Waals surface area contributed by atoms with E-state index in [2.05, 4.69) is 437 Å². The molecule has 6 aromatic heterocycles. The maximum absolute atomic E-state index is 5.29. The molecule has 6 heterocycles. The summed E-state index contributed by atoms with van der Waals surface area (Å²) in [5.74, 6) is 3.47. The number of para-hydroxylation sites is 3. The van der Waals surface area contributed by atoms with Crippen LogP contribution in [0.1, 0.15) is 74.9 Å². The van der Waals surface area contributed by atoms with Gasteiger partial charge in [-0.25, -0.2) is 19.9 Å². The van der Waals surface area contributed by atoms with Crippen LogP contribution in [-0.4, -0.2) is 43.6 Å². The Labute approximate surface area is 801 Å². The molecule has 0 radical (unpaired) electrons. The van der Waals surface area contributed by atoms with Gasteiger partial charge in [0.05, 0.1) is 50.2 Å². The van der Waals surface area contributed by atoms with E-state index in [0.29, 0.717) is 23.5 Å². The number of pyridine rings is 1. The van der Waals surface area contributed by atoms with Crippen molar-refractivity contribution in [3.8, 4) is 152 Å². The highest BCUT2D eigenvalue weighted by molar-refractivity contribution is 6.13. The molecule has 0 unspecified atom stereocenters. The van der Waals surface area contributed by atoms with Gasteiger partial charge >= 0.3 is 0 Å². The van der Waals surface area contributed by atoms with E-state index in [1.807, 2.05) is 72.8 Å². The summed E-state index contributed by atoms with van der Waals surface area (Å²) in [7, 11) is 0. The number of fused-ring (bicyclic) bond motifs is 18. The lowest BCUT2D eigenvalue weighted by molar-refractivity contribution is 0.660. The van der Waals surface area contributed by atoms with Gasteiger partial charge in [-0.2, -0.15) is 9.97 Å². The van der Waals surface area contributed by atoms with Crippen LogP contribution in [0.15, 0.2) is 455 Å². The summed E-state index contributed by atoms with van der Waals surface area (Å²) in [6, 6.07) is 162. The zero-order chi connectivity index (χ0) is 92.5. The van der Waals surface area contributed by atoms with Crippen LogP contribution in [0.3, 0.4) is 0 Å². The Morgan fingerprint density at radius 1 is 0.159 bits per heavy atom. The fourth-order valence-electron chi connectivity index (χ4n) is 21.9. The van der Waals surface area contributed by atoms with Gasteiger partial charge in [-0.3, -0.25) is 13.7 Å². The van der Waals surface area contributed by atoms with Crippen molar-refractivity contribution in [2.75, 3.05) is 0 Å². The molecule has 0 N–H and O–H groups in total. The Morgan fingerprint density at radius 2 is 0.428 bits per heavy atom. The average molecular weight is 1770 g/mol. The van der Waals surface area contributed by atoms with Gasteiger partial charge in [0.25, 0.3) is 0 Å². The standard InChI is InChI=1S/C44H32N2.C43H31N3.C42H30N4/c1-44(2)38-19-11-9-17-34(38)35-23-21-32(26-39(35)44)31-22-24-42-37(25-31)36-18-10-12-20-41(36)46(42)43-28-33(29-13-5-3-6-14-29)27-40(45-43)30-15-7-4-8-16-30;1-43(2)36-19-11-9-17-32(36)33-23-21-31(26-37(33)43)30-22-24-41-35(25-30)34-18-10-12-20-40(34)46(41)42-44-38(28-13-5-3-6-14-28)27-39(45-42)29-15-7-4-8-16-29;1-42(2)35-19-11-9-17-31(35)32-23-21-30(26-36(32)42)29-22-24-38-34(25-29)33-18-10-12-20-37(33)46(38)41-44-39(27-13-5-3-6-14-27)43-40(45-41)28-15-7-4-8-16-28/h3-28H,1-2H3;3-27H,1-2H3;3-26H,1-2H3. The molecule has 138 heavy (non-hydrogen) atoms. The Bertz CT molecular complexity index is 7960. The fourth-order valence-corrected chi connectivity index (χ4v) is 21.9. The lowest BCUT2D eigenvalue weighted by atomic mass is 9.81. The third-order valence-electron chi connectivity index (χ3n) is 28.9. The summed E-state index contributed by atoms with van der Waals surface area (Å²) in [5, 5.41) is 7.15. The molecule has 9 heteroatoms. The number of aromatic nitrogens is 9. The largest absolute Gasteiger partial charge is 0.294 e. The zero-order valence-electron chi connectivity index (χ0n) is 77.3. The molecule has 0 saturated carbocycles. The predicted molar refractivity (Wildman–Crippen MR) is 571 cm³/mol. The maximum atomic E-state index is 5.29. The molecule has 0 amide bonds. The van der Waals surface area contributed by atoms with Crippen molar-refractivity contribution in [3.05, 3.63) is 488 Å². The molecule has 0 saturated heterocycles. The minimum atomic E-state index is -0.0479. The fraction of sp³-hybridized carbons (Fsp3) is 0.0698. The molecule has 0 spiro atoms. The van der Waals surface area contributed by atoms with Gasteiger partial charge in [-0.15, -0.1) is 0 Å². The molecule has 0 atom stereocenters. The number of benzene rings is 18. The third-order valence-corrected chi connectivity index (χ3v) is 28.9. The normalized spacial score (nSPS) is 13.2. The Morgan fingerprint density at radius 3 is 0.797 bits per heavy atom. The van der Waals surface area contributed by atoms with Crippen LogP contribution >= 0.6 is 0 Å². The lowest BCUT2D eigenvalue weighted by Gasteiger charge is -2.22. The number of hydrogen-bond donors (Lipinski definition) is 0. The summed E-state index contributed by atoms with van der Waals surface area (Å²) in [4.78, 5) is 30.7. The van der Waals surface area contributed by atoms with E-state index < -0.39 is 0 Å². The second-order valence-electron chi connectivity index (χ2n) is 38.1. The highest BCUT2D eigenvalue weighted by atomic mass is 15.2. The molecule has 9 nitrogen and oxygen atoms in total. The van der Waals surface area contributed by atoms with Crippen LogP contribution < -0.4 is 0 Å². The van der Waals surface area contributed by atoms with Crippen LogP contribution in [0.25, 0.3) is 218 Å². The van der Waals surface area contributed by atoms with E-state index in [0.717, 1.165) is 94.8 Å². The Hall–Kier alpha value is -17.4. The van der Waals surface area contributed by atoms with E-state index in [-0.39, 0.29) is 16.2 Å². The molecule has 0 fully saturated rings. The smallest absolute Gasteiger partial charge is 0.238 e. The van der Waals surface area contributed by atoms with E-state index in [4.69, 9.17) is 29.9 Å². The van der Waals surface area contributed by atoms with Crippen molar-refractivity contribution in [2.24, 2.45) is 0 Å². The first-order valence-corrected chi connectivity index (χ1v) is 47.5. The third kappa shape index (κ3) is 14.0. The average Bonchev–Trinajstić information content (AvgIpc) is 1.58. The van der Waals surface area contributed by atoms with Crippen molar-refractivity contribution in [3.63, 3.8) is 0 Å². The summed E-state index contributed by atoms with van der Waals surface area (Å²) in [6.07, 6.45) is 0. The first kappa shape index (κ1) is 82.5. The summed E-state index contributed by atoms with van der Waals surface area (Å²) < 4.78 is 6.73. The molecule has 24 aromatic rings. The van der Waals surface area contributed by atoms with Gasteiger partial charge in [0.2, 0.25) is 11.9 Å². The quantitative estimate of drug-likeness (QED) is 0.121. The van der Waals surface area contributed by atoms with Crippen molar-refractivity contribution in [1.82, 2.24) is 43.6 Å². The highest BCUT2D eigenvalue weighted by Gasteiger charge is 2.39. The number of hydrogen-bond acceptors (Lipinski definition) is 6. The Kier molecular flexibility index (Phi) is 19.8. The van der Waals surface area contributed by atoms with E-state index in [9.17, 15) is 0 Å². The van der Waals surface area contributed by atoms with Crippen LogP contribution in [0, 0.1) is 0 Å².